The second-order valence-corrected chi connectivity index (χ2v) is 8.83. The lowest BCUT2D eigenvalue weighted by molar-refractivity contribution is -0.117. The maximum atomic E-state index is 12.5. The van der Waals surface area contributed by atoms with E-state index in [1.54, 1.807) is 0 Å². The highest BCUT2D eigenvalue weighted by Gasteiger charge is 2.43. The first kappa shape index (κ1) is 22.5. The first-order valence-electron chi connectivity index (χ1n) is 11.4. The van der Waals surface area contributed by atoms with Crippen LogP contribution in [0.2, 0.25) is 0 Å². The molecule has 5 rings (SSSR count). The molecule has 2 aliphatic rings. The largest absolute Gasteiger partial charge is 0.508 e. The number of hydrogen-bond acceptors (Lipinski definition) is 5. The summed E-state index contributed by atoms with van der Waals surface area (Å²) in [6, 6.07) is 20.0. The number of aromatic carboxylic acids is 1. The topological polar surface area (TPSA) is 125 Å². The molecule has 1 saturated carbocycles. The molecule has 8 heteroatoms. The fourth-order valence-electron chi connectivity index (χ4n) is 4.70. The Balaban J connectivity index is 1.12. The van der Waals surface area contributed by atoms with Gasteiger partial charge in [0.15, 0.2) is 0 Å². The Kier molecular flexibility index (Phi) is 5.86. The van der Waals surface area contributed by atoms with Crippen molar-refractivity contribution >= 4 is 23.7 Å². The molecular weight excluding hydrogens is 448 g/mol. The molecule has 0 aliphatic heterocycles. The summed E-state index contributed by atoms with van der Waals surface area (Å²) in [5.41, 5.74) is 4.51. The maximum absolute atomic E-state index is 12.5. The molecule has 0 spiro atoms. The van der Waals surface area contributed by atoms with Gasteiger partial charge < -0.3 is 25.6 Å². The monoisotopic (exact) mass is 472 g/mol. The zero-order chi connectivity index (χ0) is 24.5. The van der Waals surface area contributed by atoms with E-state index in [4.69, 9.17) is 4.74 Å². The standard InChI is InChI=1S/C27H24N2O6/c30-16-9-10-24(22(12-16)26(32)33)29-25(31)21-11-15(21)13-28-27(34)35-14-23-19-7-3-1-5-17(19)18-6-2-4-8-20(18)23/h1-10,12,15,21,23,30H,11,13-14H2,(H,28,34)(H,29,31)(H,32,33). The van der Waals surface area contributed by atoms with Crippen molar-refractivity contribution < 1.29 is 29.3 Å². The van der Waals surface area contributed by atoms with Crippen LogP contribution < -0.4 is 10.6 Å². The molecule has 2 atom stereocenters. The summed E-state index contributed by atoms with van der Waals surface area (Å²) in [6.45, 7) is 0.503. The molecular formula is C27H24N2O6. The number of benzene rings is 3. The summed E-state index contributed by atoms with van der Waals surface area (Å²) >= 11 is 0. The number of nitrogens with one attached hydrogen (secondary N) is 2. The smallest absolute Gasteiger partial charge is 0.407 e. The molecule has 0 saturated heterocycles. The summed E-state index contributed by atoms with van der Waals surface area (Å²) in [7, 11) is 0. The minimum Gasteiger partial charge on any atom is -0.508 e. The molecule has 4 N–H and O–H groups in total. The number of fused-ring (bicyclic) bond motifs is 3. The first-order chi connectivity index (χ1) is 16.9. The second-order valence-electron chi connectivity index (χ2n) is 8.83. The van der Waals surface area contributed by atoms with E-state index in [9.17, 15) is 24.6 Å². The summed E-state index contributed by atoms with van der Waals surface area (Å²) in [6.07, 6.45) is 0.0420. The van der Waals surface area contributed by atoms with E-state index in [1.165, 1.54) is 12.1 Å². The van der Waals surface area contributed by atoms with Crippen LogP contribution in [0.1, 0.15) is 33.8 Å². The van der Waals surface area contributed by atoms with Crippen LogP contribution in [-0.2, 0) is 9.53 Å². The number of rotatable bonds is 7. The number of hydrogen-bond donors (Lipinski definition) is 4. The van der Waals surface area contributed by atoms with Gasteiger partial charge in [0, 0.05) is 18.4 Å². The van der Waals surface area contributed by atoms with E-state index >= 15 is 0 Å². The van der Waals surface area contributed by atoms with Crippen molar-refractivity contribution in [3.05, 3.63) is 83.4 Å². The van der Waals surface area contributed by atoms with Gasteiger partial charge >= 0.3 is 12.1 Å². The van der Waals surface area contributed by atoms with Gasteiger partial charge in [0.1, 0.15) is 12.4 Å². The number of ether oxygens (including phenoxy) is 1. The quantitative estimate of drug-likeness (QED) is 0.382. The minimum absolute atomic E-state index is 0.0265. The fraction of sp³-hybridized carbons (Fsp3) is 0.222. The number of anilines is 1. The van der Waals surface area contributed by atoms with Gasteiger partial charge in [0.25, 0.3) is 0 Å². The van der Waals surface area contributed by atoms with Crippen molar-refractivity contribution in [2.45, 2.75) is 12.3 Å². The average molecular weight is 472 g/mol. The van der Waals surface area contributed by atoms with Crippen LogP contribution in [0.3, 0.4) is 0 Å². The molecule has 8 nitrogen and oxygen atoms in total. The van der Waals surface area contributed by atoms with Crippen LogP contribution in [0.25, 0.3) is 11.1 Å². The number of carboxylic acids is 1. The van der Waals surface area contributed by atoms with Crippen LogP contribution in [-0.4, -0.2) is 41.3 Å². The lowest BCUT2D eigenvalue weighted by Crippen LogP contribution is -2.29. The third-order valence-electron chi connectivity index (χ3n) is 6.60. The van der Waals surface area contributed by atoms with E-state index in [0.29, 0.717) is 6.42 Å². The molecule has 178 valence electrons. The SMILES string of the molecule is O=C(NCC1CC1C(=O)Nc1ccc(O)cc1C(=O)O)OCC1c2ccccc2-c2ccccc21. The molecule has 2 unspecified atom stereocenters. The Morgan fingerprint density at radius 1 is 0.943 bits per heavy atom. The lowest BCUT2D eigenvalue weighted by Gasteiger charge is -2.14. The molecule has 0 bridgehead atoms. The normalized spacial score (nSPS) is 17.7. The van der Waals surface area contributed by atoms with Crippen LogP contribution in [0.5, 0.6) is 5.75 Å². The minimum atomic E-state index is -1.25. The highest BCUT2D eigenvalue weighted by molar-refractivity contribution is 6.02. The number of amides is 2. The zero-order valence-electron chi connectivity index (χ0n) is 18.7. The van der Waals surface area contributed by atoms with Crippen molar-refractivity contribution in [1.82, 2.24) is 5.32 Å². The van der Waals surface area contributed by atoms with Gasteiger partial charge in [-0.3, -0.25) is 4.79 Å². The molecule has 2 amide bonds. The molecule has 2 aliphatic carbocycles. The summed E-state index contributed by atoms with van der Waals surface area (Å²) < 4.78 is 5.52. The molecule has 0 radical (unpaired) electrons. The average Bonchev–Trinajstić information content (AvgIpc) is 3.57. The van der Waals surface area contributed by atoms with Crippen molar-refractivity contribution in [3.63, 3.8) is 0 Å². The third kappa shape index (κ3) is 4.55. The van der Waals surface area contributed by atoms with Gasteiger partial charge in [-0.15, -0.1) is 0 Å². The molecule has 3 aromatic rings. The number of aromatic hydroxyl groups is 1. The van der Waals surface area contributed by atoms with E-state index in [1.807, 2.05) is 24.3 Å². The number of carbonyl (C=O) groups is 3. The third-order valence-corrected chi connectivity index (χ3v) is 6.60. The van der Waals surface area contributed by atoms with Crippen LogP contribution in [0.4, 0.5) is 10.5 Å². The Labute approximate surface area is 201 Å². The Bertz CT molecular complexity index is 1280. The molecule has 35 heavy (non-hydrogen) atoms. The Morgan fingerprint density at radius 2 is 1.60 bits per heavy atom. The highest BCUT2D eigenvalue weighted by atomic mass is 16.5. The van der Waals surface area contributed by atoms with Gasteiger partial charge in [-0.2, -0.15) is 0 Å². The summed E-state index contributed by atoms with van der Waals surface area (Å²) in [4.78, 5) is 36.2. The van der Waals surface area contributed by atoms with Gasteiger partial charge in [0.05, 0.1) is 11.3 Å². The molecule has 3 aromatic carbocycles. The van der Waals surface area contributed by atoms with Crippen molar-refractivity contribution in [3.8, 4) is 16.9 Å². The lowest BCUT2D eigenvalue weighted by atomic mass is 9.98. The summed E-state index contributed by atoms with van der Waals surface area (Å²) in [5, 5.41) is 24.1. The van der Waals surface area contributed by atoms with Crippen molar-refractivity contribution in [2.75, 3.05) is 18.5 Å². The predicted molar refractivity (Wildman–Crippen MR) is 128 cm³/mol. The van der Waals surface area contributed by atoms with Gasteiger partial charge in [-0.05, 0) is 52.8 Å². The highest BCUT2D eigenvalue weighted by Crippen LogP contribution is 2.44. The molecule has 0 heterocycles. The fourth-order valence-corrected chi connectivity index (χ4v) is 4.70. The number of carbonyl (C=O) groups excluding carboxylic acids is 2. The van der Waals surface area contributed by atoms with Crippen LogP contribution >= 0.6 is 0 Å². The Hall–Kier alpha value is -4.33. The second kappa shape index (κ2) is 9.13. The number of alkyl carbamates (subject to hydrolysis) is 1. The molecule has 1 fully saturated rings. The summed E-state index contributed by atoms with van der Waals surface area (Å²) in [5.74, 6) is -2.18. The number of phenolic OH excluding ortho intramolecular Hbond substituents is 1. The van der Waals surface area contributed by atoms with E-state index in [0.717, 1.165) is 28.3 Å². The van der Waals surface area contributed by atoms with Crippen LogP contribution in [0.15, 0.2) is 66.7 Å². The number of carboxylic acid groups (broad SMARTS) is 1. The van der Waals surface area contributed by atoms with Gasteiger partial charge in [0.2, 0.25) is 5.91 Å². The van der Waals surface area contributed by atoms with Gasteiger partial charge in [-0.25, -0.2) is 9.59 Å². The van der Waals surface area contributed by atoms with Crippen molar-refractivity contribution in [1.29, 1.82) is 0 Å². The zero-order valence-corrected chi connectivity index (χ0v) is 18.7. The first-order valence-corrected chi connectivity index (χ1v) is 11.4. The molecule has 0 aromatic heterocycles. The van der Waals surface area contributed by atoms with E-state index in [2.05, 4.69) is 34.9 Å². The van der Waals surface area contributed by atoms with Crippen LogP contribution in [0, 0.1) is 11.8 Å². The van der Waals surface area contributed by atoms with E-state index < -0.39 is 12.1 Å². The van der Waals surface area contributed by atoms with E-state index in [-0.39, 0.29) is 53.8 Å². The predicted octanol–water partition coefficient (Wildman–Crippen LogP) is 4.20. The maximum Gasteiger partial charge on any atom is 0.407 e. The van der Waals surface area contributed by atoms with Crippen molar-refractivity contribution in [2.24, 2.45) is 11.8 Å². The number of phenols is 1. The Morgan fingerprint density at radius 3 is 2.26 bits per heavy atom. The van der Waals surface area contributed by atoms with Gasteiger partial charge in [-0.1, -0.05) is 48.5 Å².